The number of carbonyl (C=O) groups excluding carboxylic acids is 1. The summed E-state index contributed by atoms with van der Waals surface area (Å²) in [5.74, 6) is -0.237. The van der Waals surface area contributed by atoms with E-state index in [4.69, 9.17) is 22.6 Å². The number of carbonyl (C=O) groups is 1. The zero-order chi connectivity index (χ0) is 13.0. The predicted octanol–water partition coefficient (Wildman–Crippen LogP) is 2.13. The Labute approximate surface area is 105 Å². The molecule has 0 aliphatic carbocycles. The fourth-order valence-electron chi connectivity index (χ4n) is 1.20. The van der Waals surface area contributed by atoms with Crippen LogP contribution in [0.5, 0.6) is 0 Å². The zero-order valence-corrected chi connectivity index (χ0v) is 10.5. The van der Waals surface area contributed by atoms with Crippen molar-refractivity contribution in [3.05, 3.63) is 28.8 Å². The Hall–Kier alpha value is -1.57. The van der Waals surface area contributed by atoms with E-state index in [1.54, 1.807) is 12.1 Å². The van der Waals surface area contributed by atoms with E-state index in [0.29, 0.717) is 16.3 Å². The van der Waals surface area contributed by atoms with E-state index >= 15 is 0 Å². The lowest BCUT2D eigenvalue weighted by atomic mass is 10.0. The Balaban J connectivity index is 2.83. The topological polar surface area (TPSA) is 78.9 Å². The molecule has 0 aromatic heterocycles. The maximum atomic E-state index is 11.7. The molecular formula is C12H14ClN3O. The molecule has 1 amide bonds. The first kappa shape index (κ1) is 13.5. The number of rotatable bonds is 3. The molecule has 1 atom stereocenters. The number of hydrogen-bond acceptors (Lipinski definition) is 3. The van der Waals surface area contributed by atoms with Crippen molar-refractivity contribution in [2.75, 3.05) is 5.32 Å². The van der Waals surface area contributed by atoms with Crippen molar-refractivity contribution in [1.29, 1.82) is 5.26 Å². The Bertz CT molecular complexity index is 465. The van der Waals surface area contributed by atoms with Crippen LogP contribution >= 0.6 is 11.6 Å². The average molecular weight is 252 g/mol. The Kier molecular flexibility index (Phi) is 4.50. The molecule has 1 rings (SSSR count). The summed E-state index contributed by atoms with van der Waals surface area (Å²) in [7, 11) is 0. The lowest BCUT2D eigenvalue weighted by Gasteiger charge is -2.15. The number of benzene rings is 1. The van der Waals surface area contributed by atoms with Gasteiger partial charge in [0, 0.05) is 0 Å². The van der Waals surface area contributed by atoms with Crippen LogP contribution in [0, 0.1) is 17.2 Å². The second kappa shape index (κ2) is 5.67. The van der Waals surface area contributed by atoms with Gasteiger partial charge in [-0.2, -0.15) is 5.26 Å². The molecule has 0 aliphatic heterocycles. The van der Waals surface area contributed by atoms with Gasteiger partial charge in [-0.3, -0.25) is 4.79 Å². The predicted molar refractivity (Wildman–Crippen MR) is 67.6 cm³/mol. The first-order chi connectivity index (χ1) is 7.95. The van der Waals surface area contributed by atoms with Crippen molar-refractivity contribution < 1.29 is 4.79 Å². The van der Waals surface area contributed by atoms with Crippen LogP contribution in [-0.2, 0) is 4.79 Å². The molecule has 0 saturated carbocycles. The number of nitrogens with zero attached hydrogens (tertiary/aromatic N) is 1. The van der Waals surface area contributed by atoms with E-state index in [1.807, 2.05) is 19.9 Å². The van der Waals surface area contributed by atoms with Crippen LogP contribution in [0.4, 0.5) is 5.69 Å². The minimum atomic E-state index is -0.582. The lowest BCUT2D eigenvalue weighted by molar-refractivity contribution is -0.118. The fourth-order valence-corrected chi connectivity index (χ4v) is 1.43. The van der Waals surface area contributed by atoms with Crippen LogP contribution < -0.4 is 11.1 Å². The van der Waals surface area contributed by atoms with Gasteiger partial charge in [-0.15, -0.1) is 0 Å². The Morgan fingerprint density at radius 1 is 1.53 bits per heavy atom. The average Bonchev–Trinajstić information content (AvgIpc) is 2.30. The minimum Gasteiger partial charge on any atom is -0.323 e. The van der Waals surface area contributed by atoms with E-state index in [0.717, 1.165) is 0 Å². The van der Waals surface area contributed by atoms with Gasteiger partial charge in [0.05, 0.1) is 28.4 Å². The highest BCUT2D eigenvalue weighted by molar-refractivity contribution is 6.33. The summed E-state index contributed by atoms with van der Waals surface area (Å²) in [6.07, 6.45) is 0. The van der Waals surface area contributed by atoms with Crippen molar-refractivity contribution in [1.82, 2.24) is 0 Å². The highest BCUT2D eigenvalue weighted by atomic mass is 35.5. The molecular weight excluding hydrogens is 238 g/mol. The molecule has 1 aromatic rings. The molecule has 0 bridgehead atoms. The van der Waals surface area contributed by atoms with E-state index in [-0.39, 0.29) is 11.8 Å². The van der Waals surface area contributed by atoms with Crippen molar-refractivity contribution in [2.45, 2.75) is 19.9 Å². The summed E-state index contributed by atoms with van der Waals surface area (Å²) >= 11 is 5.93. The number of halogens is 1. The number of anilines is 1. The molecule has 0 spiro atoms. The van der Waals surface area contributed by atoms with Crippen molar-refractivity contribution >= 4 is 23.2 Å². The van der Waals surface area contributed by atoms with Gasteiger partial charge < -0.3 is 11.1 Å². The first-order valence-corrected chi connectivity index (χ1v) is 5.59. The number of amides is 1. The molecule has 0 heterocycles. The third-order valence-electron chi connectivity index (χ3n) is 2.38. The maximum Gasteiger partial charge on any atom is 0.241 e. The molecule has 90 valence electrons. The third kappa shape index (κ3) is 3.45. The van der Waals surface area contributed by atoms with E-state index in [1.165, 1.54) is 6.07 Å². The highest BCUT2D eigenvalue weighted by Crippen LogP contribution is 2.23. The largest absolute Gasteiger partial charge is 0.323 e. The van der Waals surface area contributed by atoms with E-state index < -0.39 is 6.04 Å². The lowest BCUT2D eigenvalue weighted by Crippen LogP contribution is -2.39. The van der Waals surface area contributed by atoms with Crippen LogP contribution in [-0.4, -0.2) is 11.9 Å². The van der Waals surface area contributed by atoms with Crippen LogP contribution in [0.3, 0.4) is 0 Å². The summed E-state index contributed by atoms with van der Waals surface area (Å²) in [4.78, 5) is 11.7. The Morgan fingerprint density at radius 3 is 2.65 bits per heavy atom. The second-order valence-corrected chi connectivity index (χ2v) is 4.47. The second-order valence-electron chi connectivity index (χ2n) is 4.07. The van der Waals surface area contributed by atoms with Crippen molar-refractivity contribution in [3.8, 4) is 6.07 Å². The summed E-state index contributed by atoms with van der Waals surface area (Å²) in [5.41, 5.74) is 6.62. The van der Waals surface area contributed by atoms with E-state index in [9.17, 15) is 4.79 Å². The number of hydrogen-bond donors (Lipinski definition) is 2. The molecule has 1 unspecified atom stereocenters. The number of nitriles is 1. The highest BCUT2D eigenvalue weighted by Gasteiger charge is 2.18. The fraction of sp³-hybridized carbons (Fsp3) is 0.333. The normalized spacial score (nSPS) is 12.0. The van der Waals surface area contributed by atoms with Crippen molar-refractivity contribution in [2.24, 2.45) is 11.7 Å². The van der Waals surface area contributed by atoms with Gasteiger partial charge in [0.25, 0.3) is 0 Å². The summed E-state index contributed by atoms with van der Waals surface area (Å²) in [6, 6.07) is 6.06. The summed E-state index contributed by atoms with van der Waals surface area (Å²) < 4.78 is 0. The van der Waals surface area contributed by atoms with Gasteiger partial charge in [0.15, 0.2) is 0 Å². The monoisotopic (exact) mass is 251 g/mol. The molecule has 1 aromatic carbocycles. The molecule has 0 fully saturated rings. The van der Waals surface area contributed by atoms with Crippen molar-refractivity contribution in [3.63, 3.8) is 0 Å². The number of nitrogens with two attached hydrogens (primary N) is 1. The smallest absolute Gasteiger partial charge is 0.241 e. The maximum absolute atomic E-state index is 11.7. The van der Waals surface area contributed by atoms with Gasteiger partial charge in [-0.05, 0) is 24.1 Å². The van der Waals surface area contributed by atoms with Crippen LogP contribution in [0.1, 0.15) is 19.4 Å². The SMILES string of the molecule is CC(C)C(N)C(=O)Nc1ccc(C#N)cc1Cl. The minimum absolute atomic E-state index is 0.0483. The molecule has 3 N–H and O–H groups in total. The van der Waals surface area contributed by atoms with Gasteiger partial charge in [0.2, 0.25) is 5.91 Å². The zero-order valence-electron chi connectivity index (χ0n) is 9.70. The standard InChI is InChI=1S/C12H14ClN3O/c1-7(2)11(15)12(17)16-10-4-3-8(6-14)5-9(10)13/h3-5,7,11H,15H2,1-2H3,(H,16,17). The number of nitrogens with one attached hydrogen (secondary N) is 1. The van der Waals surface area contributed by atoms with Crippen LogP contribution in [0.2, 0.25) is 5.02 Å². The first-order valence-electron chi connectivity index (χ1n) is 5.21. The molecule has 0 radical (unpaired) electrons. The summed E-state index contributed by atoms with van der Waals surface area (Å²) in [5, 5.41) is 11.6. The third-order valence-corrected chi connectivity index (χ3v) is 2.69. The molecule has 0 aliphatic rings. The van der Waals surface area contributed by atoms with Gasteiger partial charge >= 0.3 is 0 Å². The quantitative estimate of drug-likeness (QED) is 0.864. The Morgan fingerprint density at radius 2 is 2.18 bits per heavy atom. The van der Waals surface area contributed by atoms with Crippen LogP contribution in [0.25, 0.3) is 0 Å². The van der Waals surface area contributed by atoms with Gasteiger partial charge in [0.1, 0.15) is 0 Å². The van der Waals surface area contributed by atoms with Crippen LogP contribution in [0.15, 0.2) is 18.2 Å². The molecule has 5 heteroatoms. The van der Waals surface area contributed by atoms with Gasteiger partial charge in [-0.25, -0.2) is 0 Å². The molecule has 17 heavy (non-hydrogen) atoms. The van der Waals surface area contributed by atoms with Gasteiger partial charge in [-0.1, -0.05) is 25.4 Å². The summed E-state index contributed by atoms with van der Waals surface area (Å²) in [6.45, 7) is 3.73. The molecule has 4 nitrogen and oxygen atoms in total. The van der Waals surface area contributed by atoms with E-state index in [2.05, 4.69) is 5.32 Å². The molecule has 0 saturated heterocycles.